The molecule has 2 aliphatic heterocycles. The lowest BCUT2D eigenvalue weighted by Crippen LogP contribution is -2.77. The van der Waals surface area contributed by atoms with Crippen LogP contribution in [-0.4, -0.2) is 97.1 Å². The van der Waals surface area contributed by atoms with Gasteiger partial charge in [0.15, 0.2) is 17.5 Å². The maximum absolute atomic E-state index is 14.9. The van der Waals surface area contributed by atoms with Crippen LogP contribution in [0.2, 0.25) is 0 Å². The Morgan fingerprint density at radius 1 is 0.949 bits per heavy atom. The number of nitrogens with one attached hydrogen (secondary N) is 2. The molecule has 0 amide bonds. The van der Waals surface area contributed by atoms with E-state index in [4.69, 9.17) is 14.2 Å². The van der Waals surface area contributed by atoms with E-state index in [0.29, 0.717) is 30.3 Å². The Kier molecular flexibility index (Phi) is 8.33. The molecule has 4 aromatic carbocycles. The first kappa shape index (κ1) is 37.6. The fraction of sp³-hybridized carbons (Fsp3) is 0.468. The standard InChI is InChI=1S/C47H50N2O10/c1-48-22-27-21-32-33-13-15-36(52)47(56)46(33,55)42(58-41(32)45(40(27)53)18-16-28-7-4-17-44(28,45)29-9-11-30(51)12-10-29)39(59-47)43(54)57-38-35(23-50)49-34-14-8-26-19-24-5-2-3-6-25(24)20-31(26)37(34)38/h2-3,5-6,8-15,19-20,27-28,32-33,36,39-42,48-53,55-56H,4,7,16-18,21-23H2,1H3. The topological polar surface area (TPSA) is 194 Å². The van der Waals surface area contributed by atoms with Crippen molar-refractivity contribution in [3.8, 4) is 11.5 Å². The average Bonchev–Trinajstić information content (AvgIpc) is 3.97. The molecule has 3 saturated carbocycles. The molecule has 2 saturated heterocycles. The van der Waals surface area contributed by atoms with Gasteiger partial charge in [-0.15, -0.1) is 0 Å². The van der Waals surface area contributed by atoms with E-state index < -0.39 is 77.1 Å². The van der Waals surface area contributed by atoms with Crippen molar-refractivity contribution in [3.05, 3.63) is 96.2 Å². The van der Waals surface area contributed by atoms with Gasteiger partial charge in [0.2, 0.25) is 5.79 Å². The molecule has 8 N–H and O–H groups in total. The normalized spacial score (nSPS) is 39.5. The molecule has 308 valence electrons. The lowest BCUT2D eigenvalue weighted by molar-refractivity contribution is -0.349. The number of rotatable bonds is 6. The fourth-order valence-electron chi connectivity index (χ4n) is 13.6. The third-order valence-electron chi connectivity index (χ3n) is 15.9. The number of fused-ring (bicyclic) bond motifs is 9. The van der Waals surface area contributed by atoms with Crippen molar-refractivity contribution in [1.82, 2.24) is 10.3 Å². The number of esters is 1. The second kappa shape index (κ2) is 13.1. The Balaban J connectivity index is 1.05. The lowest BCUT2D eigenvalue weighted by Gasteiger charge is -2.65. The van der Waals surface area contributed by atoms with Crippen LogP contribution >= 0.6 is 0 Å². The van der Waals surface area contributed by atoms with Crippen molar-refractivity contribution in [2.24, 2.45) is 29.1 Å². The van der Waals surface area contributed by atoms with Gasteiger partial charge in [-0.1, -0.05) is 61.0 Å². The number of benzene rings is 4. The average molecular weight is 803 g/mol. The van der Waals surface area contributed by atoms with Gasteiger partial charge in [0.25, 0.3) is 0 Å². The summed E-state index contributed by atoms with van der Waals surface area (Å²) >= 11 is 0. The van der Waals surface area contributed by atoms with Gasteiger partial charge in [-0.25, -0.2) is 4.79 Å². The van der Waals surface area contributed by atoms with Crippen LogP contribution in [0.1, 0.15) is 49.8 Å². The summed E-state index contributed by atoms with van der Waals surface area (Å²) in [6.45, 7) is 0.0241. The Bertz CT molecular complexity index is 2540. The Morgan fingerprint density at radius 3 is 2.49 bits per heavy atom. The first-order chi connectivity index (χ1) is 28.5. The molecule has 13 atom stereocenters. The number of aromatic nitrogens is 1. The molecule has 4 aliphatic carbocycles. The molecule has 5 aromatic rings. The van der Waals surface area contributed by atoms with Crippen LogP contribution in [-0.2, 0) is 26.3 Å². The molecular formula is C47H50N2O10. The molecule has 0 radical (unpaired) electrons. The third kappa shape index (κ3) is 4.74. The third-order valence-corrected chi connectivity index (χ3v) is 15.9. The molecule has 59 heavy (non-hydrogen) atoms. The predicted molar refractivity (Wildman–Crippen MR) is 217 cm³/mol. The van der Waals surface area contributed by atoms with Crippen LogP contribution in [0.25, 0.3) is 32.4 Å². The van der Waals surface area contributed by atoms with Gasteiger partial charge in [0, 0.05) is 23.3 Å². The molecule has 5 fully saturated rings. The van der Waals surface area contributed by atoms with E-state index in [1.54, 1.807) is 18.2 Å². The van der Waals surface area contributed by atoms with Gasteiger partial charge in [0.05, 0.1) is 35.4 Å². The van der Waals surface area contributed by atoms with Crippen molar-refractivity contribution < 1.29 is 49.6 Å². The highest BCUT2D eigenvalue weighted by Gasteiger charge is 2.81. The number of carbonyl (C=O) groups is 1. The van der Waals surface area contributed by atoms with E-state index in [1.165, 1.54) is 6.08 Å². The van der Waals surface area contributed by atoms with E-state index >= 15 is 0 Å². The minimum Gasteiger partial charge on any atom is -0.508 e. The Morgan fingerprint density at radius 2 is 1.73 bits per heavy atom. The second-order valence-electron chi connectivity index (χ2n) is 18.2. The number of phenols is 1. The van der Waals surface area contributed by atoms with Crippen molar-refractivity contribution in [2.45, 2.75) is 92.5 Å². The Hall–Kier alpha value is -4.37. The Labute approximate surface area is 340 Å². The summed E-state index contributed by atoms with van der Waals surface area (Å²) in [4.78, 5) is 18.1. The van der Waals surface area contributed by atoms with Gasteiger partial charge >= 0.3 is 5.97 Å². The van der Waals surface area contributed by atoms with Gasteiger partial charge in [-0.05, 0) is 114 Å². The molecule has 1 aromatic heterocycles. The van der Waals surface area contributed by atoms with Crippen molar-refractivity contribution >= 4 is 38.4 Å². The fourth-order valence-corrected chi connectivity index (χ4v) is 13.6. The highest BCUT2D eigenvalue weighted by atomic mass is 16.7. The monoisotopic (exact) mass is 802 g/mol. The van der Waals surface area contributed by atoms with Gasteiger partial charge in [-0.3, -0.25) is 0 Å². The summed E-state index contributed by atoms with van der Waals surface area (Å²) in [5.41, 5.74) is -1.83. The molecular weight excluding hydrogens is 753 g/mol. The number of aliphatic hydroxyl groups excluding tert-OH is 3. The van der Waals surface area contributed by atoms with Gasteiger partial charge < -0.3 is 55.2 Å². The highest BCUT2D eigenvalue weighted by molar-refractivity contribution is 6.14. The molecule has 3 heterocycles. The molecule has 12 nitrogen and oxygen atoms in total. The van der Waals surface area contributed by atoms with Crippen LogP contribution in [0.4, 0.5) is 0 Å². The van der Waals surface area contributed by atoms with Crippen molar-refractivity contribution in [2.75, 3.05) is 13.6 Å². The summed E-state index contributed by atoms with van der Waals surface area (Å²) in [6.07, 6.45) is 1.27. The molecule has 1 spiro atoms. The molecule has 11 rings (SSSR count). The number of aromatic hydroxyl groups is 1. The summed E-state index contributed by atoms with van der Waals surface area (Å²) in [5.74, 6) is -4.69. The van der Waals surface area contributed by atoms with Gasteiger partial charge in [0.1, 0.15) is 18.0 Å². The number of phenolic OH excluding ortho intramolecular Hbond substituents is 1. The zero-order valence-electron chi connectivity index (χ0n) is 32.8. The number of aromatic amines is 1. The molecule has 0 bridgehead atoms. The zero-order valence-corrected chi connectivity index (χ0v) is 32.8. The molecule has 6 aliphatic rings. The van der Waals surface area contributed by atoms with E-state index in [1.807, 2.05) is 61.6 Å². The maximum Gasteiger partial charge on any atom is 0.343 e. The van der Waals surface area contributed by atoms with E-state index in [-0.39, 0.29) is 29.0 Å². The molecule has 13 unspecified atom stereocenters. The number of H-pyrrole nitrogens is 1. The summed E-state index contributed by atoms with van der Waals surface area (Å²) in [5, 5.41) is 78.3. The summed E-state index contributed by atoms with van der Waals surface area (Å²) in [7, 11) is 1.85. The summed E-state index contributed by atoms with van der Waals surface area (Å²) in [6, 6.07) is 23.1. The first-order valence-corrected chi connectivity index (χ1v) is 21.1. The zero-order chi connectivity index (χ0) is 40.6. The SMILES string of the molecule is CNCC1CC2C3C=CC(O)C4(O)OC(C(=O)Oc5c(CO)[nH]c6ccc7cc8ccccc8cc7c56)C(OC2C2(CCC5CCCC52c2ccc(O)cc2)C1O)C34O. The smallest absolute Gasteiger partial charge is 0.343 e. The predicted octanol–water partition coefficient (Wildman–Crippen LogP) is 4.45. The molecule has 12 heteroatoms. The van der Waals surface area contributed by atoms with Gasteiger partial charge in [-0.2, -0.15) is 0 Å². The second-order valence-corrected chi connectivity index (χ2v) is 18.2. The van der Waals surface area contributed by atoms with Crippen LogP contribution in [0.5, 0.6) is 11.5 Å². The lowest BCUT2D eigenvalue weighted by atomic mass is 9.45. The first-order valence-electron chi connectivity index (χ1n) is 21.1. The number of aliphatic hydroxyl groups is 5. The van der Waals surface area contributed by atoms with E-state index in [0.717, 1.165) is 52.8 Å². The largest absolute Gasteiger partial charge is 0.508 e. The van der Waals surface area contributed by atoms with E-state index in [2.05, 4.69) is 16.4 Å². The van der Waals surface area contributed by atoms with Crippen LogP contribution in [0.15, 0.2) is 84.9 Å². The number of hydrogen-bond acceptors (Lipinski definition) is 11. The van der Waals surface area contributed by atoms with Crippen molar-refractivity contribution in [1.29, 1.82) is 0 Å². The van der Waals surface area contributed by atoms with E-state index in [9.17, 15) is 35.4 Å². The van der Waals surface area contributed by atoms with Crippen LogP contribution in [0, 0.1) is 29.1 Å². The quantitative estimate of drug-likeness (QED) is 0.0688. The summed E-state index contributed by atoms with van der Waals surface area (Å²) < 4.78 is 19.7. The van der Waals surface area contributed by atoms with Crippen LogP contribution in [0.3, 0.4) is 0 Å². The minimum atomic E-state index is -2.64. The number of carbonyl (C=O) groups excluding carboxylic acids is 1. The number of ether oxygens (including phenoxy) is 3. The van der Waals surface area contributed by atoms with Crippen molar-refractivity contribution in [3.63, 3.8) is 0 Å². The highest BCUT2D eigenvalue weighted by Crippen LogP contribution is 2.73. The number of hydrogen-bond donors (Lipinski definition) is 8. The van der Waals surface area contributed by atoms with Crippen LogP contribution < -0.4 is 10.1 Å². The minimum absolute atomic E-state index is 0.0880. The maximum atomic E-state index is 14.9.